The van der Waals surface area contributed by atoms with Gasteiger partial charge in [0.25, 0.3) is 5.89 Å². The fourth-order valence-corrected chi connectivity index (χ4v) is 2.58. The molecule has 0 saturated heterocycles. The molecule has 154 valence electrons. The molecule has 1 atom stereocenters. The van der Waals surface area contributed by atoms with Crippen molar-refractivity contribution in [2.45, 2.75) is 20.0 Å². The van der Waals surface area contributed by atoms with Crippen LogP contribution in [0.1, 0.15) is 31.4 Å². The molecule has 1 heterocycles. The molecule has 0 aliphatic rings. The number of ether oxygens (including phenoxy) is 2. The minimum atomic E-state index is -0.815. The van der Waals surface area contributed by atoms with E-state index in [0.29, 0.717) is 11.3 Å². The predicted octanol–water partition coefficient (Wildman–Crippen LogP) is 3.53. The van der Waals surface area contributed by atoms with Gasteiger partial charge in [-0.25, -0.2) is 4.79 Å². The molecule has 0 radical (unpaired) electrons. The maximum Gasteiger partial charge on any atom is 0.355 e. The van der Waals surface area contributed by atoms with Crippen LogP contribution in [0.15, 0.2) is 64.7 Å². The zero-order chi connectivity index (χ0) is 21.5. The van der Waals surface area contributed by atoms with E-state index >= 15 is 0 Å². The second-order valence-corrected chi connectivity index (χ2v) is 6.37. The Hall–Kier alpha value is -3.94. The number of benzene rings is 2. The molecule has 8 heteroatoms. The molecular weight excluding hydrogens is 386 g/mol. The van der Waals surface area contributed by atoms with Crippen molar-refractivity contribution in [3.63, 3.8) is 0 Å². The molecule has 0 fully saturated rings. The van der Waals surface area contributed by atoms with Crippen molar-refractivity contribution in [3.05, 3.63) is 71.7 Å². The maximum absolute atomic E-state index is 12.6. The highest BCUT2D eigenvalue weighted by Gasteiger charge is 2.22. The van der Waals surface area contributed by atoms with Gasteiger partial charge < -0.3 is 19.2 Å². The normalized spacial score (nSPS) is 12.2. The largest absolute Gasteiger partial charge is 0.497 e. The molecular formula is C22H21N3O5. The van der Waals surface area contributed by atoms with E-state index in [1.807, 2.05) is 18.2 Å². The molecule has 3 aromatic rings. The molecule has 0 aliphatic heterocycles. The maximum atomic E-state index is 12.6. The van der Waals surface area contributed by atoms with Gasteiger partial charge in [0.1, 0.15) is 11.4 Å². The Balaban J connectivity index is 1.74. The van der Waals surface area contributed by atoms with Gasteiger partial charge in [-0.2, -0.15) is 0 Å². The Morgan fingerprint density at radius 1 is 1.07 bits per heavy atom. The fraction of sp³-hybridized carbons (Fsp3) is 0.182. The van der Waals surface area contributed by atoms with Crippen molar-refractivity contribution in [1.82, 2.24) is 15.5 Å². The van der Waals surface area contributed by atoms with Crippen molar-refractivity contribution in [2.75, 3.05) is 7.11 Å². The van der Waals surface area contributed by atoms with Crippen LogP contribution in [0.25, 0.3) is 17.5 Å². The summed E-state index contributed by atoms with van der Waals surface area (Å²) < 4.78 is 16.2. The number of nitrogens with zero attached hydrogens (tertiary/aromatic N) is 2. The first kappa shape index (κ1) is 20.8. The number of rotatable bonds is 7. The third kappa shape index (κ3) is 5.32. The van der Waals surface area contributed by atoms with E-state index in [-0.39, 0.29) is 23.4 Å². The molecule has 0 bridgehead atoms. The monoisotopic (exact) mass is 407 g/mol. The Morgan fingerprint density at radius 2 is 1.77 bits per heavy atom. The summed E-state index contributed by atoms with van der Waals surface area (Å²) in [7, 11) is 1.58. The highest BCUT2D eigenvalue weighted by Crippen LogP contribution is 2.24. The topological polar surface area (TPSA) is 104 Å². The minimum absolute atomic E-state index is 0.00967. The summed E-state index contributed by atoms with van der Waals surface area (Å²) in [6.45, 7) is 2.92. The van der Waals surface area contributed by atoms with Crippen LogP contribution in [0.5, 0.6) is 5.75 Å². The lowest BCUT2D eigenvalue weighted by molar-refractivity contribution is -0.146. The molecule has 1 N–H and O–H groups in total. The van der Waals surface area contributed by atoms with Crippen molar-refractivity contribution < 1.29 is 23.5 Å². The predicted molar refractivity (Wildman–Crippen MR) is 109 cm³/mol. The van der Waals surface area contributed by atoms with E-state index in [0.717, 1.165) is 5.56 Å². The summed E-state index contributed by atoms with van der Waals surface area (Å²) in [4.78, 5) is 24.1. The van der Waals surface area contributed by atoms with E-state index in [1.54, 1.807) is 50.4 Å². The number of hydrogen-bond donors (Lipinski definition) is 1. The van der Waals surface area contributed by atoms with E-state index in [9.17, 15) is 9.59 Å². The highest BCUT2D eigenvalue weighted by atomic mass is 16.6. The van der Waals surface area contributed by atoms with E-state index in [4.69, 9.17) is 13.9 Å². The Bertz CT molecular complexity index is 1040. The molecule has 2 aromatic carbocycles. The Kier molecular flexibility index (Phi) is 6.59. The summed E-state index contributed by atoms with van der Waals surface area (Å²) in [5, 5.41) is 10.5. The van der Waals surface area contributed by atoms with Crippen molar-refractivity contribution in [1.29, 1.82) is 0 Å². The lowest BCUT2D eigenvalue weighted by atomic mass is 10.2. The van der Waals surface area contributed by atoms with Gasteiger partial charge >= 0.3 is 5.97 Å². The van der Waals surface area contributed by atoms with Gasteiger partial charge in [0.2, 0.25) is 11.8 Å². The number of hydrogen-bond acceptors (Lipinski definition) is 7. The van der Waals surface area contributed by atoms with E-state index in [1.165, 1.54) is 13.0 Å². The first-order valence-corrected chi connectivity index (χ1v) is 9.19. The van der Waals surface area contributed by atoms with Gasteiger partial charge in [-0.3, -0.25) is 4.79 Å². The molecule has 0 spiro atoms. The van der Waals surface area contributed by atoms with Gasteiger partial charge in [0.15, 0.2) is 6.10 Å². The number of esters is 1. The van der Waals surface area contributed by atoms with Crippen LogP contribution in [0.2, 0.25) is 0 Å². The summed E-state index contributed by atoms with van der Waals surface area (Å²) >= 11 is 0. The number of carbonyl (C=O) groups is 2. The summed E-state index contributed by atoms with van der Waals surface area (Å²) in [5.74, 6) is 0.0251. The van der Waals surface area contributed by atoms with Crippen molar-refractivity contribution >= 4 is 18.0 Å². The van der Waals surface area contributed by atoms with Gasteiger partial charge in [-0.15, -0.1) is 10.2 Å². The Labute approximate surface area is 173 Å². The summed E-state index contributed by atoms with van der Waals surface area (Å²) in [6, 6.07) is 16.2. The summed E-state index contributed by atoms with van der Waals surface area (Å²) in [5.41, 5.74) is 1.46. The second-order valence-electron chi connectivity index (χ2n) is 6.37. The average molecular weight is 407 g/mol. The number of methoxy groups -OCH3 is 1. The van der Waals surface area contributed by atoms with Crippen LogP contribution in [0.4, 0.5) is 0 Å². The van der Waals surface area contributed by atoms with Gasteiger partial charge in [-0.1, -0.05) is 30.3 Å². The quantitative estimate of drug-likeness (QED) is 0.472. The summed E-state index contributed by atoms with van der Waals surface area (Å²) in [6.07, 6.45) is 0.720. The van der Waals surface area contributed by atoms with E-state index < -0.39 is 12.1 Å². The molecule has 3 rings (SSSR count). The van der Waals surface area contributed by atoms with Crippen LogP contribution in [0, 0.1) is 0 Å². The van der Waals surface area contributed by atoms with Gasteiger partial charge in [0.05, 0.1) is 7.11 Å². The lowest BCUT2D eigenvalue weighted by Crippen LogP contribution is -2.27. The smallest absolute Gasteiger partial charge is 0.355 e. The standard InChI is InChI=1S/C22H21N3O5/c1-14(20-24-25-21(30-20)17-9-11-18(28-3)12-10-17)29-22(27)19(23-15(2)26)13-16-7-5-4-6-8-16/h4-14H,1-3H3,(H,23,26)/b19-13-/t14-/m0/s1. The average Bonchev–Trinajstić information content (AvgIpc) is 3.24. The van der Waals surface area contributed by atoms with Crippen LogP contribution < -0.4 is 10.1 Å². The molecule has 30 heavy (non-hydrogen) atoms. The molecule has 8 nitrogen and oxygen atoms in total. The van der Waals surface area contributed by atoms with Gasteiger partial charge in [0, 0.05) is 12.5 Å². The van der Waals surface area contributed by atoms with Crippen LogP contribution in [-0.4, -0.2) is 29.2 Å². The molecule has 0 saturated carbocycles. The molecule has 1 aromatic heterocycles. The fourth-order valence-electron chi connectivity index (χ4n) is 2.58. The Morgan fingerprint density at radius 3 is 2.40 bits per heavy atom. The number of nitrogens with one attached hydrogen (secondary N) is 1. The number of amides is 1. The van der Waals surface area contributed by atoms with Crippen LogP contribution in [-0.2, 0) is 14.3 Å². The zero-order valence-corrected chi connectivity index (χ0v) is 16.8. The number of aromatic nitrogens is 2. The first-order chi connectivity index (χ1) is 14.5. The van der Waals surface area contributed by atoms with Crippen molar-refractivity contribution in [2.24, 2.45) is 0 Å². The molecule has 0 aliphatic carbocycles. The van der Waals surface area contributed by atoms with E-state index in [2.05, 4.69) is 15.5 Å². The van der Waals surface area contributed by atoms with Crippen molar-refractivity contribution in [3.8, 4) is 17.2 Å². The third-order valence-electron chi connectivity index (χ3n) is 4.05. The minimum Gasteiger partial charge on any atom is -0.497 e. The molecule has 1 amide bonds. The SMILES string of the molecule is COc1ccc(-c2nnc([C@H](C)OC(=O)/C(=C/c3ccccc3)NC(C)=O)o2)cc1. The molecule has 0 unspecified atom stereocenters. The van der Waals surface area contributed by atoms with Crippen LogP contribution >= 0.6 is 0 Å². The lowest BCUT2D eigenvalue weighted by Gasteiger charge is -2.12. The third-order valence-corrected chi connectivity index (χ3v) is 4.05. The van der Waals surface area contributed by atoms with Crippen LogP contribution in [0.3, 0.4) is 0 Å². The zero-order valence-electron chi connectivity index (χ0n) is 16.8. The van der Waals surface area contributed by atoms with Gasteiger partial charge in [-0.05, 0) is 42.8 Å². The highest BCUT2D eigenvalue weighted by molar-refractivity contribution is 5.97. The first-order valence-electron chi connectivity index (χ1n) is 9.19. The second kappa shape index (κ2) is 9.51. The number of carbonyl (C=O) groups excluding carboxylic acids is 2.